The van der Waals surface area contributed by atoms with Crippen molar-refractivity contribution in [1.82, 2.24) is 5.32 Å². The van der Waals surface area contributed by atoms with Crippen molar-refractivity contribution < 1.29 is 4.39 Å². The van der Waals surface area contributed by atoms with Gasteiger partial charge in [-0.3, -0.25) is 0 Å². The first-order chi connectivity index (χ1) is 6.11. The molecule has 2 nitrogen and oxygen atoms in total. The van der Waals surface area contributed by atoms with E-state index in [1.54, 1.807) is 25.1 Å². The summed E-state index contributed by atoms with van der Waals surface area (Å²) in [5.41, 5.74) is 5.84. The Balaban J connectivity index is 2.82. The minimum atomic E-state index is -0.251. The number of rotatable bonds is 2. The molecule has 0 heterocycles. The van der Waals surface area contributed by atoms with E-state index in [9.17, 15) is 4.39 Å². The molecule has 0 aliphatic heterocycles. The van der Waals surface area contributed by atoms with E-state index >= 15 is 0 Å². The standard InChI is InChI=1S/C9H11FN2S/c1-6(12-9(11)13)7-4-2-3-5-8(7)10/h2-6H,1H3,(H3,11,12,13)/t6-/m1/s1. The summed E-state index contributed by atoms with van der Waals surface area (Å²) in [6, 6.07) is 6.33. The topological polar surface area (TPSA) is 38.0 Å². The number of hydrogen-bond acceptors (Lipinski definition) is 1. The predicted octanol–water partition coefficient (Wildman–Crippen LogP) is 1.72. The van der Waals surface area contributed by atoms with Crippen LogP contribution in [0.3, 0.4) is 0 Å². The first-order valence-corrected chi connectivity index (χ1v) is 4.32. The molecule has 0 radical (unpaired) electrons. The van der Waals surface area contributed by atoms with Crippen molar-refractivity contribution in [1.29, 1.82) is 0 Å². The molecule has 0 unspecified atom stereocenters. The van der Waals surface area contributed by atoms with Gasteiger partial charge < -0.3 is 11.1 Å². The van der Waals surface area contributed by atoms with E-state index in [0.717, 1.165) is 0 Å². The molecule has 1 atom stereocenters. The van der Waals surface area contributed by atoms with Gasteiger partial charge in [0.2, 0.25) is 0 Å². The fourth-order valence-corrected chi connectivity index (χ4v) is 1.29. The molecule has 0 aliphatic carbocycles. The summed E-state index contributed by atoms with van der Waals surface area (Å²) in [5, 5.41) is 2.95. The third-order valence-corrected chi connectivity index (χ3v) is 1.85. The Hall–Kier alpha value is -1.16. The highest BCUT2D eigenvalue weighted by Gasteiger charge is 2.09. The molecule has 0 spiro atoms. The molecule has 0 aliphatic rings. The van der Waals surface area contributed by atoms with Gasteiger partial charge in [0.1, 0.15) is 5.82 Å². The molecule has 0 bridgehead atoms. The summed E-state index contributed by atoms with van der Waals surface area (Å²) >= 11 is 4.66. The maximum Gasteiger partial charge on any atom is 0.164 e. The lowest BCUT2D eigenvalue weighted by atomic mass is 10.1. The van der Waals surface area contributed by atoms with Gasteiger partial charge in [-0.25, -0.2) is 4.39 Å². The third-order valence-electron chi connectivity index (χ3n) is 1.73. The van der Waals surface area contributed by atoms with Crippen LogP contribution in [0, 0.1) is 5.82 Å². The van der Waals surface area contributed by atoms with Gasteiger partial charge in [-0.15, -0.1) is 0 Å². The van der Waals surface area contributed by atoms with E-state index in [0.29, 0.717) is 5.56 Å². The van der Waals surface area contributed by atoms with E-state index < -0.39 is 0 Å². The number of nitrogens with one attached hydrogen (secondary N) is 1. The van der Waals surface area contributed by atoms with Crippen molar-refractivity contribution in [2.24, 2.45) is 5.73 Å². The van der Waals surface area contributed by atoms with E-state index in [1.807, 2.05) is 0 Å². The Labute approximate surface area is 81.9 Å². The molecule has 0 saturated heterocycles. The number of nitrogens with two attached hydrogens (primary N) is 1. The molecular formula is C9H11FN2S. The van der Waals surface area contributed by atoms with Gasteiger partial charge in [0.15, 0.2) is 5.11 Å². The highest BCUT2D eigenvalue weighted by atomic mass is 32.1. The normalized spacial score (nSPS) is 12.2. The van der Waals surface area contributed by atoms with Gasteiger partial charge in [-0.1, -0.05) is 18.2 Å². The molecular weight excluding hydrogens is 187 g/mol. The Kier molecular flexibility index (Phi) is 3.19. The summed E-state index contributed by atoms with van der Waals surface area (Å²) in [5.74, 6) is -0.251. The molecule has 0 aromatic heterocycles. The lowest BCUT2D eigenvalue weighted by molar-refractivity contribution is 0.579. The summed E-state index contributed by atoms with van der Waals surface area (Å²) in [7, 11) is 0. The van der Waals surface area contributed by atoms with Crippen LogP contribution in [0.25, 0.3) is 0 Å². The van der Waals surface area contributed by atoms with Gasteiger partial charge in [0, 0.05) is 5.56 Å². The summed E-state index contributed by atoms with van der Waals surface area (Å²) in [6.07, 6.45) is 0. The number of halogens is 1. The smallest absolute Gasteiger partial charge is 0.164 e. The second-order valence-corrected chi connectivity index (χ2v) is 3.19. The molecule has 0 saturated carbocycles. The molecule has 13 heavy (non-hydrogen) atoms. The van der Waals surface area contributed by atoms with Crippen LogP contribution in [-0.2, 0) is 0 Å². The molecule has 0 amide bonds. The first-order valence-electron chi connectivity index (χ1n) is 3.91. The zero-order chi connectivity index (χ0) is 9.84. The average Bonchev–Trinajstić information content (AvgIpc) is 2.03. The predicted molar refractivity (Wildman–Crippen MR) is 54.7 cm³/mol. The van der Waals surface area contributed by atoms with Crippen LogP contribution in [0.2, 0.25) is 0 Å². The van der Waals surface area contributed by atoms with Crippen molar-refractivity contribution in [2.75, 3.05) is 0 Å². The molecule has 0 fully saturated rings. The summed E-state index contributed by atoms with van der Waals surface area (Å²) < 4.78 is 13.2. The Morgan fingerprint density at radius 2 is 2.15 bits per heavy atom. The number of thiocarbonyl (C=S) groups is 1. The van der Waals surface area contributed by atoms with Crippen LogP contribution in [0.15, 0.2) is 24.3 Å². The van der Waals surface area contributed by atoms with Gasteiger partial charge >= 0.3 is 0 Å². The lowest BCUT2D eigenvalue weighted by Crippen LogP contribution is -2.31. The Morgan fingerprint density at radius 3 is 2.69 bits per heavy atom. The van der Waals surface area contributed by atoms with Gasteiger partial charge in [-0.2, -0.15) is 0 Å². The fraction of sp³-hybridized carbons (Fsp3) is 0.222. The highest BCUT2D eigenvalue weighted by Crippen LogP contribution is 2.15. The van der Waals surface area contributed by atoms with E-state index in [2.05, 4.69) is 17.5 Å². The second kappa shape index (κ2) is 4.18. The van der Waals surface area contributed by atoms with Gasteiger partial charge in [-0.05, 0) is 25.2 Å². The van der Waals surface area contributed by atoms with Crippen LogP contribution >= 0.6 is 12.2 Å². The van der Waals surface area contributed by atoms with Crippen molar-refractivity contribution in [3.63, 3.8) is 0 Å². The van der Waals surface area contributed by atoms with Gasteiger partial charge in [0.25, 0.3) is 0 Å². The van der Waals surface area contributed by atoms with Crippen LogP contribution in [-0.4, -0.2) is 5.11 Å². The van der Waals surface area contributed by atoms with Crippen LogP contribution in [0.5, 0.6) is 0 Å². The monoisotopic (exact) mass is 198 g/mol. The van der Waals surface area contributed by atoms with E-state index in [1.165, 1.54) is 6.07 Å². The average molecular weight is 198 g/mol. The first kappa shape index (κ1) is 9.92. The fourth-order valence-electron chi connectivity index (χ4n) is 1.12. The maximum atomic E-state index is 13.2. The Morgan fingerprint density at radius 1 is 1.54 bits per heavy atom. The molecule has 1 rings (SSSR count). The van der Waals surface area contributed by atoms with Crippen molar-refractivity contribution >= 4 is 17.3 Å². The molecule has 1 aromatic carbocycles. The number of benzene rings is 1. The Bertz CT molecular complexity index is 314. The zero-order valence-electron chi connectivity index (χ0n) is 7.25. The molecule has 70 valence electrons. The molecule has 3 N–H and O–H groups in total. The van der Waals surface area contributed by atoms with Crippen molar-refractivity contribution in [3.8, 4) is 0 Å². The zero-order valence-corrected chi connectivity index (χ0v) is 8.07. The quantitative estimate of drug-likeness (QED) is 0.711. The second-order valence-electron chi connectivity index (χ2n) is 2.75. The molecule has 4 heteroatoms. The minimum Gasteiger partial charge on any atom is -0.376 e. The van der Waals surface area contributed by atoms with Crippen LogP contribution in [0.4, 0.5) is 4.39 Å². The highest BCUT2D eigenvalue weighted by molar-refractivity contribution is 7.80. The van der Waals surface area contributed by atoms with Crippen LogP contribution in [0.1, 0.15) is 18.5 Å². The minimum absolute atomic E-state index is 0.177. The maximum absolute atomic E-state index is 13.2. The van der Waals surface area contributed by atoms with Crippen LogP contribution < -0.4 is 11.1 Å². The van der Waals surface area contributed by atoms with Gasteiger partial charge in [0.05, 0.1) is 6.04 Å². The van der Waals surface area contributed by atoms with E-state index in [4.69, 9.17) is 5.73 Å². The number of hydrogen-bond donors (Lipinski definition) is 2. The van der Waals surface area contributed by atoms with Crippen molar-refractivity contribution in [3.05, 3.63) is 35.6 Å². The van der Waals surface area contributed by atoms with E-state index in [-0.39, 0.29) is 17.0 Å². The largest absolute Gasteiger partial charge is 0.376 e. The lowest BCUT2D eigenvalue weighted by Gasteiger charge is -2.14. The summed E-state index contributed by atoms with van der Waals surface area (Å²) in [4.78, 5) is 0. The summed E-state index contributed by atoms with van der Waals surface area (Å²) in [6.45, 7) is 1.80. The molecule has 1 aromatic rings. The third kappa shape index (κ3) is 2.66. The van der Waals surface area contributed by atoms with Crippen molar-refractivity contribution in [2.45, 2.75) is 13.0 Å². The SMILES string of the molecule is C[C@@H](NC(N)=S)c1ccccc1F.